The summed E-state index contributed by atoms with van der Waals surface area (Å²) in [5.74, 6) is 0.986. The van der Waals surface area contributed by atoms with Crippen molar-refractivity contribution in [1.29, 1.82) is 0 Å². The van der Waals surface area contributed by atoms with Crippen LogP contribution < -0.4 is 4.74 Å². The van der Waals surface area contributed by atoms with Crippen LogP contribution in [-0.2, 0) is 6.54 Å². The first-order valence-corrected chi connectivity index (χ1v) is 9.47. The number of methoxy groups -OCH3 is 1. The number of piperidine rings is 1. The molecule has 0 saturated carbocycles. The fourth-order valence-electron chi connectivity index (χ4n) is 3.69. The quantitative estimate of drug-likeness (QED) is 0.684. The number of aromatic nitrogens is 4. The molecule has 1 saturated heterocycles. The van der Waals surface area contributed by atoms with Crippen LogP contribution in [0.2, 0.25) is 0 Å². The summed E-state index contributed by atoms with van der Waals surface area (Å²) < 4.78 is 7.21. The molecule has 1 atom stereocenters. The average Bonchev–Trinajstić information content (AvgIpc) is 3.22. The Labute approximate surface area is 164 Å². The molecule has 1 amide bonds. The first kappa shape index (κ1) is 18.2. The number of hydrogen-bond acceptors (Lipinski definition) is 5. The molecule has 0 bridgehead atoms. The molecule has 1 aliphatic heterocycles. The highest BCUT2D eigenvalue weighted by molar-refractivity contribution is 5.97. The van der Waals surface area contributed by atoms with Gasteiger partial charge >= 0.3 is 0 Å². The Morgan fingerprint density at radius 3 is 2.96 bits per heavy atom. The van der Waals surface area contributed by atoms with Crippen LogP contribution >= 0.6 is 0 Å². The lowest BCUT2D eigenvalue weighted by Crippen LogP contribution is -2.41. The van der Waals surface area contributed by atoms with Gasteiger partial charge in [-0.25, -0.2) is 0 Å². The Kier molecular flexibility index (Phi) is 5.32. The van der Waals surface area contributed by atoms with Crippen LogP contribution in [0.3, 0.4) is 0 Å². The van der Waals surface area contributed by atoms with Gasteiger partial charge in [-0.05, 0) is 43.0 Å². The van der Waals surface area contributed by atoms with Crippen molar-refractivity contribution in [2.45, 2.75) is 19.4 Å². The van der Waals surface area contributed by atoms with E-state index in [2.05, 4.69) is 15.3 Å². The highest BCUT2D eigenvalue weighted by Crippen LogP contribution is 2.24. The van der Waals surface area contributed by atoms with E-state index in [9.17, 15) is 4.79 Å². The van der Waals surface area contributed by atoms with E-state index in [-0.39, 0.29) is 5.91 Å². The predicted octanol–water partition coefficient (Wildman–Crippen LogP) is 2.90. The maximum absolute atomic E-state index is 13.0. The Balaban J connectivity index is 1.43. The van der Waals surface area contributed by atoms with Gasteiger partial charge in [0.1, 0.15) is 11.4 Å². The highest BCUT2D eigenvalue weighted by Gasteiger charge is 2.26. The molecule has 0 spiro atoms. The third-order valence-corrected chi connectivity index (χ3v) is 5.08. The summed E-state index contributed by atoms with van der Waals surface area (Å²) in [7, 11) is 1.59. The number of amides is 1. The fourth-order valence-corrected chi connectivity index (χ4v) is 3.69. The molecule has 4 rings (SSSR count). The average molecular weight is 377 g/mol. The van der Waals surface area contributed by atoms with Crippen LogP contribution in [-0.4, -0.2) is 51.0 Å². The van der Waals surface area contributed by atoms with Gasteiger partial charge in [-0.1, -0.05) is 17.3 Å². The fraction of sp³-hybridized carbons (Fsp3) is 0.333. The van der Waals surface area contributed by atoms with E-state index in [4.69, 9.17) is 4.74 Å². The van der Waals surface area contributed by atoms with Crippen molar-refractivity contribution >= 4 is 5.91 Å². The third kappa shape index (κ3) is 3.88. The number of benzene rings is 1. The van der Waals surface area contributed by atoms with Gasteiger partial charge in [-0.3, -0.25) is 14.5 Å². The van der Waals surface area contributed by atoms with Gasteiger partial charge in [-0.15, -0.1) is 5.10 Å². The molecule has 28 heavy (non-hydrogen) atoms. The standard InChI is InChI=1S/C21H23N5O2/c1-28-20-9-3-2-8-18(20)21(27)25-11-5-6-16(13-25)14-26-15-19(23-24-26)17-7-4-10-22-12-17/h2-4,7-10,12,15-16H,5-6,11,13-14H2,1H3/t16-/m0/s1. The molecule has 1 aromatic carbocycles. The molecule has 0 radical (unpaired) electrons. The summed E-state index contributed by atoms with van der Waals surface area (Å²) in [5.41, 5.74) is 2.38. The van der Waals surface area contributed by atoms with E-state index in [1.54, 1.807) is 19.5 Å². The zero-order valence-corrected chi connectivity index (χ0v) is 15.9. The Morgan fingerprint density at radius 2 is 2.14 bits per heavy atom. The second-order valence-corrected chi connectivity index (χ2v) is 7.03. The molecule has 0 aliphatic carbocycles. The SMILES string of the molecule is COc1ccccc1C(=O)N1CCC[C@H](Cn2cc(-c3cccnc3)nn2)C1. The van der Waals surface area contributed by atoms with Crippen molar-refractivity contribution in [3.8, 4) is 17.0 Å². The Morgan fingerprint density at radius 1 is 1.25 bits per heavy atom. The molecule has 1 fully saturated rings. The predicted molar refractivity (Wildman–Crippen MR) is 105 cm³/mol. The van der Waals surface area contributed by atoms with E-state index in [0.29, 0.717) is 23.8 Å². The molecule has 2 aromatic heterocycles. The first-order valence-electron chi connectivity index (χ1n) is 9.47. The maximum atomic E-state index is 13.0. The summed E-state index contributed by atoms with van der Waals surface area (Å²) in [6.07, 6.45) is 7.51. The zero-order valence-electron chi connectivity index (χ0n) is 15.9. The highest BCUT2D eigenvalue weighted by atomic mass is 16.5. The van der Waals surface area contributed by atoms with E-state index in [0.717, 1.165) is 37.2 Å². The molecule has 0 unspecified atom stereocenters. The summed E-state index contributed by atoms with van der Waals surface area (Å²) in [6.45, 7) is 2.22. The lowest BCUT2D eigenvalue weighted by atomic mass is 9.97. The van der Waals surface area contributed by atoms with Gasteiger partial charge in [0.2, 0.25) is 0 Å². The van der Waals surface area contributed by atoms with Crippen molar-refractivity contribution in [2.75, 3.05) is 20.2 Å². The number of likely N-dealkylation sites (tertiary alicyclic amines) is 1. The van der Waals surface area contributed by atoms with Gasteiger partial charge in [0.05, 0.1) is 18.9 Å². The second kappa shape index (κ2) is 8.21. The number of nitrogens with zero attached hydrogens (tertiary/aromatic N) is 5. The molecule has 1 aliphatic rings. The number of rotatable bonds is 5. The third-order valence-electron chi connectivity index (χ3n) is 5.08. The van der Waals surface area contributed by atoms with Gasteiger partial charge in [0.15, 0.2) is 0 Å². The van der Waals surface area contributed by atoms with E-state index in [1.165, 1.54) is 0 Å². The number of carbonyl (C=O) groups excluding carboxylic acids is 1. The van der Waals surface area contributed by atoms with Crippen LogP contribution in [0.15, 0.2) is 55.0 Å². The van der Waals surface area contributed by atoms with Crippen molar-refractivity contribution in [2.24, 2.45) is 5.92 Å². The lowest BCUT2D eigenvalue weighted by molar-refractivity contribution is 0.0656. The summed E-state index contributed by atoms with van der Waals surface area (Å²) in [4.78, 5) is 19.0. The van der Waals surface area contributed by atoms with Crippen molar-refractivity contribution in [3.05, 3.63) is 60.6 Å². The Hall–Kier alpha value is -3.22. The van der Waals surface area contributed by atoms with Crippen LogP contribution in [0.4, 0.5) is 0 Å². The molecule has 7 heteroatoms. The van der Waals surface area contributed by atoms with Crippen molar-refractivity contribution in [3.63, 3.8) is 0 Å². The number of hydrogen-bond donors (Lipinski definition) is 0. The molecule has 3 heterocycles. The first-order chi connectivity index (χ1) is 13.7. The van der Waals surface area contributed by atoms with Crippen molar-refractivity contribution < 1.29 is 9.53 Å². The summed E-state index contributed by atoms with van der Waals surface area (Å²) in [5, 5.41) is 8.51. The largest absolute Gasteiger partial charge is 0.496 e. The second-order valence-electron chi connectivity index (χ2n) is 7.03. The van der Waals surface area contributed by atoms with E-state index >= 15 is 0 Å². The maximum Gasteiger partial charge on any atom is 0.257 e. The minimum Gasteiger partial charge on any atom is -0.496 e. The molecular weight excluding hydrogens is 354 g/mol. The van der Waals surface area contributed by atoms with Crippen LogP contribution in [0.25, 0.3) is 11.3 Å². The molecular formula is C21H23N5O2. The molecule has 7 nitrogen and oxygen atoms in total. The smallest absolute Gasteiger partial charge is 0.257 e. The summed E-state index contributed by atoms with van der Waals surface area (Å²) in [6, 6.07) is 11.2. The summed E-state index contributed by atoms with van der Waals surface area (Å²) >= 11 is 0. The van der Waals surface area contributed by atoms with Gasteiger partial charge in [-0.2, -0.15) is 0 Å². The van der Waals surface area contributed by atoms with Crippen molar-refractivity contribution in [1.82, 2.24) is 24.9 Å². The number of para-hydroxylation sites is 1. The monoisotopic (exact) mass is 377 g/mol. The van der Waals surface area contributed by atoms with E-state index in [1.807, 2.05) is 52.2 Å². The number of ether oxygens (including phenoxy) is 1. The van der Waals surface area contributed by atoms with Crippen LogP contribution in [0.1, 0.15) is 23.2 Å². The van der Waals surface area contributed by atoms with Crippen LogP contribution in [0.5, 0.6) is 5.75 Å². The van der Waals surface area contributed by atoms with Crippen LogP contribution in [0, 0.1) is 5.92 Å². The minimum atomic E-state index is 0.0248. The number of carbonyl (C=O) groups is 1. The minimum absolute atomic E-state index is 0.0248. The zero-order chi connectivity index (χ0) is 19.3. The Bertz CT molecular complexity index is 941. The van der Waals surface area contributed by atoms with Gasteiger partial charge in [0, 0.05) is 37.6 Å². The van der Waals surface area contributed by atoms with Gasteiger partial charge in [0.25, 0.3) is 5.91 Å². The molecule has 0 N–H and O–H groups in total. The lowest BCUT2D eigenvalue weighted by Gasteiger charge is -2.33. The van der Waals surface area contributed by atoms with E-state index < -0.39 is 0 Å². The normalized spacial score (nSPS) is 16.8. The molecule has 3 aromatic rings. The van der Waals surface area contributed by atoms with Gasteiger partial charge < -0.3 is 9.64 Å². The molecule has 144 valence electrons. The number of pyridine rings is 1. The topological polar surface area (TPSA) is 73.1 Å².